The Morgan fingerprint density at radius 1 is 1.31 bits per heavy atom. The molecule has 0 saturated heterocycles. The number of aliphatic hydroxyl groups excluding tert-OH is 1. The molecule has 1 fully saturated rings. The summed E-state index contributed by atoms with van der Waals surface area (Å²) in [6, 6.07) is 0. The molecule has 0 radical (unpaired) electrons. The molecule has 3 heteroatoms. The van der Waals surface area contributed by atoms with Crippen LogP contribution in [0.3, 0.4) is 0 Å². The van der Waals surface area contributed by atoms with Gasteiger partial charge in [0.25, 0.3) is 0 Å². The van der Waals surface area contributed by atoms with Crippen LogP contribution < -0.4 is 0 Å². The summed E-state index contributed by atoms with van der Waals surface area (Å²) in [5, 5.41) is 18.3. The van der Waals surface area contributed by atoms with E-state index >= 15 is 0 Å². The van der Waals surface area contributed by atoms with Gasteiger partial charge in [-0.1, -0.05) is 19.3 Å². The van der Waals surface area contributed by atoms with E-state index in [-0.39, 0.29) is 5.92 Å². The highest BCUT2D eigenvalue weighted by Gasteiger charge is 2.32. The summed E-state index contributed by atoms with van der Waals surface area (Å²) >= 11 is 0. The predicted molar refractivity (Wildman–Crippen MR) is 49.4 cm³/mol. The summed E-state index contributed by atoms with van der Waals surface area (Å²) in [6.07, 6.45) is 4.63. The standard InChI is InChI=1S/C10H18O3/c1-7(11)9(10(12)13)8-5-3-2-4-6-8/h7-9,11H,2-6H2,1H3,(H,12,13)/t7-,9+/m0/s1. The van der Waals surface area contributed by atoms with Crippen LogP contribution in [0.4, 0.5) is 0 Å². The Hall–Kier alpha value is -0.570. The maximum Gasteiger partial charge on any atom is 0.309 e. The van der Waals surface area contributed by atoms with Crippen molar-refractivity contribution in [2.75, 3.05) is 0 Å². The SMILES string of the molecule is C[C@H](O)[C@@H](C(=O)O)C1CCCCC1. The van der Waals surface area contributed by atoms with Gasteiger partial charge in [0.05, 0.1) is 12.0 Å². The van der Waals surface area contributed by atoms with Crippen molar-refractivity contribution in [3.05, 3.63) is 0 Å². The molecule has 2 atom stereocenters. The average molecular weight is 186 g/mol. The third-order valence-electron chi connectivity index (χ3n) is 2.96. The van der Waals surface area contributed by atoms with Crippen LogP contribution >= 0.6 is 0 Å². The highest BCUT2D eigenvalue weighted by Crippen LogP contribution is 2.31. The Kier molecular flexibility index (Phi) is 3.72. The topological polar surface area (TPSA) is 57.5 Å². The Morgan fingerprint density at radius 3 is 2.23 bits per heavy atom. The first-order chi connectivity index (χ1) is 6.13. The van der Waals surface area contributed by atoms with E-state index in [2.05, 4.69) is 0 Å². The van der Waals surface area contributed by atoms with Gasteiger partial charge in [0.15, 0.2) is 0 Å². The molecule has 1 saturated carbocycles. The van der Waals surface area contributed by atoms with Crippen molar-refractivity contribution in [3.63, 3.8) is 0 Å². The van der Waals surface area contributed by atoms with Crippen LogP contribution in [0.1, 0.15) is 39.0 Å². The van der Waals surface area contributed by atoms with E-state index in [0.717, 1.165) is 25.7 Å². The summed E-state index contributed by atoms with van der Waals surface area (Å²) in [6.45, 7) is 1.58. The average Bonchev–Trinajstić information content (AvgIpc) is 2.04. The smallest absolute Gasteiger partial charge is 0.309 e. The first kappa shape index (κ1) is 10.5. The van der Waals surface area contributed by atoms with Crippen molar-refractivity contribution in [1.29, 1.82) is 0 Å². The van der Waals surface area contributed by atoms with Gasteiger partial charge in [0, 0.05) is 0 Å². The van der Waals surface area contributed by atoms with Crippen molar-refractivity contribution >= 4 is 5.97 Å². The number of carbonyl (C=O) groups is 1. The molecule has 0 bridgehead atoms. The van der Waals surface area contributed by atoms with E-state index < -0.39 is 18.0 Å². The molecule has 13 heavy (non-hydrogen) atoms. The largest absolute Gasteiger partial charge is 0.481 e. The van der Waals surface area contributed by atoms with Gasteiger partial charge in [0.2, 0.25) is 0 Å². The molecule has 0 spiro atoms. The molecule has 0 aromatic heterocycles. The Balaban J connectivity index is 2.57. The maximum absolute atomic E-state index is 10.9. The van der Waals surface area contributed by atoms with Crippen molar-refractivity contribution in [2.24, 2.45) is 11.8 Å². The van der Waals surface area contributed by atoms with Crippen LogP contribution in [-0.4, -0.2) is 22.3 Å². The van der Waals surface area contributed by atoms with Crippen molar-refractivity contribution < 1.29 is 15.0 Å². The van der Waals surface area contributed by atoms with Gasteiger partial charge in [-0.25, -0.2) is 0 Å². The van der Waals surface area contributed by atoms with Gasteiger partial charge < -0.3 is 10.2 Å². The fraction of sp³-hybridized carbons (Fsp3) is 0.900. The molecular formula is C10H18O3. The predicted octanol–water partition coefficient (Wildman–Crippen LogP) is 1.65. The highest BCUT2D eigenvalue weighted by atomic mass is 16.4. The fourth-order valence-electron chi connectivity index (χ4n) is 2.30. The Morgan fingerprint density at radius 2 is 1.85 bits per heavy atom. The van der Waals surface area contributed by atoms with Crippen LogP contribution in [0.2, 0.25) is 0 Å². The van der Waals surface area contributed by atoms with Crippen LogP contribution in [0, 0.1) is 11.8 Å². The van der Waals surface area contributed by atoms with Crippen LogP contribution in [0.5, 0.6) is 0 Å². The lowest BCUT2D eigenvalue weighted by molar-refractivity contribution is -0.148. The lowest BCUT2D eigenvalue weighted by atomic mass is 9.78. The van der Waals surface area contributed by atoms with Crippen molar-refractivity contribution in [1.82, 2.24) is 0 Å². The number of hydrogen-bond donors (Lipinski definition) is 2. The summed E-state index contributed by atoms with van der Waals surface area (Å²) in [5.74, 6) is -1.21. The Labute approximate surface area is 78.8 Å². The molecule has 0 aromatic rings. The number of hydrogen-bond acceptors (Lipinski definition) is 2. The van der Waals surface area contributed by atoms with Crippen LogP contribution in [-0.2, 0) is 4.79 Å². The number of rotatable bonds is 3. The second kappa shape index (κ2) is 4.61. The van der Waals surface area contributed by atoms with E-state index in [1.165, 1.54) is 6.42 Å². The molecule has 0 aromatic carbocycles. The first-order valence-electron chi connectivity index (χ1n) is 5.04. The van der Waals surface area contributed by atoms with E-state index in [1.54, 1.807) is 6.92 Å². The lowest BCUT2D eigenvalue weighted by Gasteiger charge is -2.29. The molecule has 1 aliphatic carbocycles. The number of aliphatic carboxylic acids is 1. The van der Waals surface area contributed by atoms with Crippen LogP contribution in [0.25, 0.3) is 0 Å². The molecule has 0 aliphatic heterocycles. The van der Waals surface area contributed by atoms with Gasteiger partial charge >= 0.3 is 5.97 Å². The first-order valence-corrected chi connectivity index (χ1v) is 5.04. The monoisotopic (exact) mass is 186 g/mol. The van der Waals surface area contributed by atoms with Crippen molar-refractivity contribution in [3.8, 4) is 0 Å². The number of carboxylic acids is 1. The zero-order valence-corrected chi connectivity index (χ0v) is 8.07. The minimum atomic E-state index is -0.845. The van der Waals surface area contributed by atoms with E-state index in [0.29, 0.717) is 0 Å². The third-order valence-corrected chi connectivity index (χ3v) is 2.96. The van der Waals surface area contributed by atoms with E-state index in [1.807, 2.05) is 0 Å². The van der Waals surface area contributed by atoms with Gasteiger partial charge in [0.1, 0.15) is 0 Å². The normalized spacial score (nSPS) is 23.8. The molecule has 3 nitrogen and oxygen atoms in total. The zero-order chi connectivity index (χ0) is 9.84. The number of carboxylic acid groups (broad SMARTS) is 1. The minimum Gasteiger partial charge on any atom is -0.481 e. The lowest BCUT2D eigenvalue weighted by Crippen LogP contribution is -2.34. The van der Waals surface area contributed by atoms with Crippen molar-refractivity contribution in [2.45, 2.75) is 45.1 Å². The Bertz CT molecular complexity index is 171. The quantitative estimate of drug-likeness (QED) is 0.704. The molecule has 76 valence electrons. The maximum atomic E-state index is 10.9. The molecule has 0 unspecified atom stereocenters. The molecule has 1 aliphatic rings. The van der Waals surface area contributed by atoms with Gasteiger partial charge in [-0.2, -0.15) is 0 Å². The molecule has 0 heterocycles. The van der Waals surface area contributed by atoms with E-state index in [4.69, 9.17) is 5.11 Å². The number of aliphatic hydroxyl groups is 1. The summed E-state index contributed by atoms with van der Waals surface area (Å²) < 4.78 is 0. The fourth-order valence-corrected chi connectivity index (χ4v) is 2.30. The second-order valence-corrected chi connectivity index (χ2v) is 4.00. The molecular weight excluding hydrogens is 168 g/mol. The molecule has 1 rings (SSSR count). The summed E-state index contributed by atoms with van der Waals surface area (Å²) in [5.41, 5.74) is 0. The molecule has 2 N–H and O–H groups in total. The summed E-state index contributed by atoms with van der Waals surface area (Å²) in [4.78, 5) is 10.9. The van der Waals surface area contributed by atoms with Gasteiger partial charge in [-0.3, -0.25) is 4.79 Å². The van der Waals surface area contributed by atoms with Gasteiger partial charge in [-0.15, -0.1) is 0 Å². The van der Waals surface area contributed by atoms with Crippen LogP contribution in [0.15, 0.2) is 0 Å². The molecule has 0 amide bonds. The third kappa shape index (κ3) is 2.69. The highest BCUT2D eigenvalue weighted by molar-refractivity contribution is 5.71. The second-order valence-electron chi connectivity index (χ2n) is 4.00. The minimum absolute atomic E-state index is 0.186. The van der Waals surface area contributed by atoms with E-state index in [9.17, 15) is 9.90 Å². The van der Waals surface area contributed by atoms with Gasteiger partial charge in [-0.05, 0) is 25.7 Å². The zero-order valence-electron chi connectivity index (χ0n) is 8.07. The summed E-state index contributed by atoms with van der Waals surface area (Å²) in [7, 11) is 0.